The molecule has 1 rings (SSSR count). The summed E-state index contributed by atoms with van der Waals surface area (Å²) in [6.45, 7) is 1.63. The largest absolute Gasteiger partial charge is 0.398 e. The van der Waals surface area contributed by atoms with Gasteiger partial charge in [0.25, 0.3) is 0 Å². The van der Waals surface area contributed by atoms with Gasteiger partial charge in [-0.1, -0.05) is 3.89 Å². The molecule has 6 heteroatoms. The molecule has 1 aromatic heterocycles. The SMILES string of the molecule is Cc1sc(S(=O)(=O)F)cc1N. The highest BCUT2D eigenvalue weighted by atomic mass is 32.3. The van der Waals surface area contributed by atoms with Crippen molar-refractivity contribution in [3.05, 3.63) is 10.9 Å². The normalized spacial score (nSPS) is 11.8. The van der Waals surface area contributed by atoms with E-state index in [2.05, 4.69) is 0 Å². The fourth-order valence-corrected chi connectivity index (χ4v) is 2.29. The van der Waals surface area contributed by atoms with Gasteiger partial charge in [-0.3, -0.25) is 0 Å². The molecular weight excluding hydrogens is 189 g/mol. The van der Waals surface area contributed by atoms with Crippen LogP contribution in [0.2, 0.25) is 0 Å². The molecule has 0 aliphatic carbocycles. The third-order valence-electron chi connectivity index (χ3n) is 1.17. The lowest BCUT2D eigenvalue weighted by molar-refractivity contribution is 0.554. The molecule has 62 valence electrons. The molecule has 11 heavy (non-hydrogen) atoms. The highest BCUT2D eigenvalue weighted by Crippen LogP contribution is 2.28. The van der Waals surface area contributed by atoms with Crippen LogP contribution in [0.25, 0.3) is 0 Å². The lowest BCUT2D eigenvalue weighted by Gasteiger charge is -1.82. The lowest BCUT2D eigenvalue weighted by atomic mass is 10.4. The van der Waals surface area contributed by atoms with Crippen LogP contribution >= 0.6 is 11.3 Å². The summed E-state index contributed by atoms with van der Waals surface area (Å²) in [6.07, 6.45) is 0. The van der Waals surface area contributed by atoms with Crippen molar-refractivity contribution in [2.24, 2.45) is 0 Å². The van der Waals surface area contributed by atoms with Gasteiger partial charge in [0, 0.05) is 10.6 Å². The standard InChI is InChI=1S/C5H6FNO2S2/c1-3-4(7)2-5(10-3)11(6,8)9/h2H,7H2,1H3. The van der Waals surface area contributed by atoms with Crippen molar-refractivity contribution in [1.29, 1.82) is 0 Å². The summed E-state index contributed by atoms with van der Waals surface area (Å²) in [5.41, 5.74) is 5.63. The van der Waals surface area contributed by atoms with E-state index in [-0.39, 0.29) is 4.21 Å². The van der Waals surface area contributed by atoms with Crippen LogP contribution in [0.5, 0.6) is 0 Å². The van der Waals surface area contributed by atoms with E-state index in [1.165, 1.54) is 0 Å². The lowest BCUT2D eigenvalue weighted by Crippen LogP contribution is -1.86. The van der Waals surface area contributed by atoms with Crippen molar-refractivity contribution in [1.82, 2.24) is 0 Å². The van der Waals surface area contributed by atoms with Crippen molar-refractivity contribution in [2.45, 2.75) is 11.1 Å². The number of thiophene rings is 1. The Morgan fingerprint density at radius 1 is 1.64 bits per heavy atom. The molecule has 0 saturated heterocycles. The van der Waals surface area contributed by atoms with Crippen molar-refractivity contribution in [3.63, 3.8) is 0 Å². The Hall–Kier alpha value is -0.620. The maximum Gasteiger partial charge on any atom is 0.341 e. The molecule has 0 atom stereocenters. The quantitative estimate of drug-likeness (QED) is 0.687. The second-order valence-electron chi connectivity index (χ2n) is 2.01. The number of anilines is 1. The van der Waals surface area contributed by atoms with Crippen LogP contribution in [0.3, 0.4) is 0 Å². The minimum atomic E-state index is -4.57. The average molecular weight is 195 g/mol. The van der Waals surface area contributed by atoms with E-state index in [9.17, 15) is 12.3 Å². The summed E-state index contributed by atoms with van der Waals surface area (Å²) >= 11 is 0.833. The van der Waals surface area contributed by atoms with Gasteiger partial charge in [0.15, 0.2) is 4.21 Å². The van der Waals surface area contributed by atoms with E-state index in [4.69, 9.17) is 5.73 Å². The monoisotopic (exact) mass is 195 g/mol. The van der Waals surface area contributed by atoms with E-state index in [0.717, 1.165) is 17.4 Å². The van der Waals surface area contributed by atoms with Gasteiger partial charge in [0.2, 0.25) is 0 Å². The zero-order chi connectivity index (χ0) is 8.65. The Balaban J connectivity index is 3.29. The molecule has 0 bridgehead atoms. The van der Waals surface area contributed by atoms with Crippen LogP contribution in [-0.4, -0.2) is 8.42 Å². The molecule has 0 fully saturated rings. The number of aryl methyl sites for hydroxylation is 1. The first-order valence-electron chi connectivity index (χ1n) is 2.72. The fraction of sp³-hybridized carbons (Fsp3) is 0.200. The molecule has 0 unspecified atom stereocenters. The Morgan fingerprint density at radius 2 is 2.18 bits per heavy atom. The molecule has 1 aromatic rings. The summed E-state index contributed by atoms with van der Waals surface area (Å²) < 4.78 is 32.5. The summed E-state index contributed by atoms with van der Waals surface area (Å²) in [4.78, 5) is 0.612. The fourth-order valence-electron chi connectivity index (χ4n) is 0.588. The predicted molar refractivity (Wildman–Crippen MR) is 41.8 cm³/mol. The van der Waals surface area contributed by atoms with E-state index >= 15 is 0 Å². The third-order valence-corrected chi connectivity index (χ3v) is 3.48. The Labute approximate surface area is 67.9 Å². The molecule has 1 heterocycles. The van der Waals surface area contributed by atoms with Gasteiger partial charge in [-0.25, -0.2) is 0 Å². The molecule has 0 aliphatic rings. The van der Waals surface area contributed by atoms with Crippen molar-refractivity contribution in [2.75, 3.05) is 5.73 Å². The molecular formula is C5H6FNO2S2. The van der Waals surface area contributed by atoms with Crippen LogP contribution in [-0.2, 0) is 10.2 Å². The van der Waals surface area contributed by atoms with Crippen molar-refractivity contribution >= 4 is 27.2 Å². The minimum absolute atomic E-state index is 0.311. The molecule has 2 N–H and O–H groups in total. The molecule has 0 spiro atoms. The molecule has 0 aromatic carbocycles. The predicted octanol–water partition coefficient (Wildman–Crippen LogP) is 1.30. The highest BCUT2D eigenvalue weighted by Gasteiger charge is 2.15. The number of hydrogen-bond acceptors (Lipinski definition) is 4. The molecule has 0 saturated carbocycles. The number of nitrogen functional groups attached to an aromatic ring is 1. The van der Waals surface area contributed by atoms with Gasteiger partial charge in [-0.2, -0.15) is 8.42 Å². The van der Waals surface area contributed by atoms with Crippen LogP contribution in [0.1, 0.15) is 4.88 Å². The minimum Gasteiger partial charge on any atom is -0.398 e. The van der Waals surface area contributed by atoms with Crippen LogP contribution in [0.15, 0.2) is 10.3 Å². The van der Waals surface area contributed by atoms with E-state index in [1.807, 2.05) is 0 Å². The average Bonchev–Trinajstić information content (AvgIpc) is 2.11. The van der Waals surface area contributed by atoms with E-state index in [1.54, 1.807) is 6.92 Å². The molecule has 0 amide bonds. The maximum atomic E-state index is 12.2. The van der Waals surface area contributed by atoms with Crippen molar-refractivity contribution < 1.29 is 12.3 Å². The second-order valence-corrected chi connectivity index (χ2v) is 4.85. The Kier molecular flexibility index (Phi) is 1.89. The first-order valence-corrected chi connectivity index (χ1v) is 4.92. The van der Waals surface area contributed by atoms with Gasteiger partial charge in [-0.15, -0.1) is 11.3 Å². The summed E-state index contributed by atoms with van der Waals surface area (Å²) in [7, 11) is -4.57. The second kappa shape index (κ2) is 2.46. The smallest absolute Gasteiger partial charge is 0.341 e. The number of rotatable bonds is 1. The highest BCUT2D eigenvalue weighted by molar-refractivity contribution is 7.88. The van der Waals surface area contributed by atoms with E-state index < -0.39 is 10.2 Å². The molecule has 3 nitrogen and oxygen atoms in total. The summed E-state index contributed by atoms with van der Waals surface area (Å²) in [5.74, 6) is 0. The van der Waals surface area contributed by atoms with Gasteiger partial charge in [0.05, 0.1) is 0 Å². The summed E-state index contributed by atoms with van der Waals surface area (Å²) in [6, 6.07) is 1.12. The Morgan fingerprint density at radius 3 is 2.36 bits per heavy atom. The van der Waals surface area contributed by atoms with Gasteiger partial charge >= 0.3 is 10.2 Å². The number of halogens is 1. The van der Waals surface area contributed by atoms with Gasteiger partial charge in [0.1, 0.15) is 0 Å². The molecule has 0 radical (unpaired) electrons. The number of nitrogens with two attached hydrogens (primary N) is 1. The van der Waals surface area contributed by atoms with Crippen molar-refractivity contribution in [3.8, 4) is 0 Å². The first-order chi connectivity index (χ1) is 4.91. The Bertz CT molecular complexity index is 348. The van der Waals surface area contributed by atoms with Crippen LogP contribution in [0, 0.1) is 6.92 Å². The van der Waals surface area contributed by atoms with Gasteiger partial charge < -0.3 is 5.73 Å². The van der Waals surface area contributed by atoms with Gasteiger partial charge in [-0.05, 0) is 13.0 Å². The third kappa shape index (κ3) is 1.69. The topological polar surface area (TPSA) is 60.2 Å². The van der Waals surface area contributed by atoms with E-state index in [0.29, 0.717) is 10.6 Å². The first kappa shape index (κ1) is 8.48. The maximum absolute atomic E-state index is 12.2. The van der Waals surface area contributed by atoms with Crippen LogP contribution < -0.4 is 5.73 Å². The zero-order valence-corrected chi connectivity index (χ0v) is 7.30. The number of hydrogen-bond donors (Lipinski definition) is 1. The molecule has 0 aliphatic heterocycles. The zero-order valence-electron chi connectivity index (χ0n) is 5.67. The van der Waals surface area contributed by atoms with Crippen LogP contribution in [0.4, 0.5) is 9.57 Å². The summed E-state index contributed by atoms with van der Waals surface area (Å²) in [5, 5.41) is 0.